The zero-order valence-corrected chi connectivity index (χ0v) is 13.9. The number of halogens is 4. The molecule has 0 heterocycles. The normalized spacial score (nSPS) is 13.3. The molecule has 7 heteroatoms. The van der Waals surface area contributed by atoms with E-state index in [1.165, 1.54) is 18.0 Å². The molecule has 22 heavy (non-hydrogen) atoms. The molecule has 1 rings (SSSR count). The zero-order chi connectivity index (χ0) is 16.4. The molecule has 0 unspecified atom stereocenters. The first-order valence-corrected chi connectivity index (χ1v) is 6.59. The topological polar surface area (TPSA) is 46.3 Å². The highest BCUT2D eigenvalue weighted by Crippen LogP contribution is 2.29. The second-order valence-electron chi connectivity index (χ2n) is 6.24. The Hall–Kier alpha value is -1.27. The number of amides is 1. The summed E-state index contributed by atoms with van der Waals surface area (Å²) >= 11 is 0. The Balaban J connectivity index is 0.00000441. The minimum Gasteiger partial charge on any atom is -0.340 e. The third-order valence-corrected chi connectivity index (χ3v) is 3.25. The van der Waals surface area contributed by atoms with Crippen LogP contribution in [0.25, 0.3) is 0 Å². The number of carbonyl (C=O) groups excluding carboxylic acids is 1. The van der Waals surface area contributed by atoms with Crippen molar-refractivity contribution in [2.24, 2.45) is 11.1 Å². The number of alkyl halides is 3. The summed E-state index contributed by atoms with van der Waals surface area (Å²) in [7, 11) is 1.54. The molecule has 0 fully saturated rings. The molecule has 0 saturated carbocycles. The third-order valence-electron chi connectivity index (χ3n) is 3.25. The molecule has 1 amide bonds. The van der Waals surface area contributed by atoms with Gasteiger partial charge in [-0.05, 0) is 23.1 Å². The second-order valence-corrected chi connectivity index (χ2v) is 6.24. The Bertz CT molecular complexity index is 512. The molecule has 0 aliphatic heterocycles. The molecule has 0 aliphatic rings. The first-order chi connectivity index (χ1) is 9.43. The maximum absolute atomic E-state index is 12.6. The molecular weight excluding hydrogens is 317 g/mol. The number of hydrogen-bond acceptors (Lipinski definition) is 2. The van der Waals surface area contributed by atoms with Crippen molar-refractivity contribution in [1.82, 2.24) is 4.90 Å². The standard InChI is InChI=1S/C15H21F3N2O.ClH/c1-14(2,3)12(19)13(21)20(4)9-10-6-5-7-11(8-10)15(16,17)18;/h5-8,12H,9,19H2,1-4H3;1H/t12-;/m1./s1. The Morgan fingerprint density at radius 1 is 1.27 bits per heavy atom. The van der Waals surface area contributed by atoms with E-state index in [1.807, 2.05) is 20.8 Å². The van der Waals surface area contributed by atoms with Crippen LogP contribution in [0, 0.1) is 5.41 Å². The van der Waals surface area contributed by atoms with Crippen molar-refractivity contribution in [3.05, 3.63) is 35.4 Å². The van der Waals surface area contributed by atoms with Crippen molar-refractivity contribution in [1.29, 1.82) is 0 Å². The molecule has 2 N–H and O–H groups in total. The van der Waals surface area contributed by atoms with Crippen molar-refractivity contribution in [2.45, 2.75) is 39.5 Å². The van der Waals surface area contributed by atoms with E-state index in [4.69, 9.17) is 5.73 Å². The molecule has 0 aliphatic carbocycles. The predicted molar refractivity (Wildman–Crippen MR) is 82.6 cm³/mol. The van der Waals surface area contributed by atoms with Crippen molar-refractivity contribution < 1.29 is 18.0 Å². The Kier molecular flexibility index (Phi) is 6.91. The van der Waals surface area contributed by atoms with Crippen LogP contribution in [-0.2, 0) is 17.5 Å². The summed E-state index contributed by atoms with van der Waals surface area (Å²) in [5.41, 5.74) is 5.17. The lowest BCUT2D eigenvalue weighted by Gasteiger charge is -2.30. The third kappa shape index (κ3) is 5.50. The highest BCUT2D eigenvalue weighted by molar-refractivity contribution is 5.85. The van der Waals surface area contributed by atoms with Crippen LogP contribution in [-0.4, -0.2) is 23.9 Å². The maximum Gasteiger partial charge on any atom is 0.416 e. The average Bonchev–Trinajstić information content (AvgIpc) is 2.35. The molecule has 3 nitrogen and oxygen atoms in total. The van der Waals surface area contributed by atoms with Gasteiger partial charge in [-0.3, -0.25) is 4.79 Å². The molecule has 1 aromatic rings. The Morgan fingerprint density at radius 2 is 1.82 bits per heavy atom. The van der Waals surface area contributed by atoms with Crippen LogP contribution in [0.2, 0.25) is 0 Å². The summed E-state index contributed by atoms with van der Waals surface area (Å²) in [5.74, 6) is -0.292. The lowest BCUT2D eigenvalue weighted by molar-refractivity contribution is -0.137. The Morgan fingerprint density at radius 3 is 2.27 bits per heavy atom. The highest BCUT2D eigenvalue weighted by atomic mass is 35.5. The van der Waals surface area contributed by atoms with Crippen molar-refractivity contribution in [2.75, 3.05) is 7.05 Å². The smallest absolute Gasteiger partial charge is 0.340 e. The molecule has 0 radical (unpaired) electrons. The van der Waals surface area contributed by atoms with Gasteiger partial charge in [0.25, 0.3) is 0 Å². The maximum atomic E-state index is 12.6. The monoisotopic (exact) mass is 338 g/mol. The van der Waals surface area contributed by atoms with E-state index >= 15 is 0 Å². The van der Waals surface area contributed by atoms with E-state index in [9.17, 15) is 18.0 Å². The van der Waals surface area contributed by atoms with Gasteiger partial charge in [-0.15, -0.1) is 12.4 Å². The van der Waals surface area contributed by atoms with Gasteiger partial charge in [-0.2, -0.15) is 13.2 Å². The molecule has 0 aromatic heterocycles. The number of nitrogens with two attached hydrogens (primary N) is 1. The molecule has 0 bridgehead atoms. The van der Waals surface area contributed by atoms with Crippen LogP contribution in [0.15, 0.2) is 24.3 Å². The van der Waals surface area contributed by atoms with Crippen molar-refractivity contribution in [3.63, 3.8) is 0 Å². The zero-order valence-electron chi connectivity index (χ0n) is 13.1. The predicted octanol–water partition coefficient (Wildman–Crippen LogP) is 3.46. The number of nitrogens with zero attached hydrogens (tertiary/aromatic N) is 1. The quantitative estimate of drug-likeness (QED) is 0.917. The van der Waals surface area contributed by atoms with Crippen LogP contribution in [0.4, 0.5) is 13.2 Å². The number of rotatable bonds is 3. The number of benzene rings is 1. The van der Waals surface area contributed by atoms with Gasteiger partial charge >= 0.3 is 6.18 Å². The van der Waals surface area contributed by atoms with E-state index < -0.39 is 23.2 Å². The fourth-order valence-corrected chi connectivity index (χ4v) is 1.81. The average molecular weight is 339 g/mol. The first kappa shape index (κ1) is 20.7. The summed E-state index contributed by atoms with van der Waals surface area (Å²) in [6.07, 6.45) is -4.39. The highest BCUT2D eigenvalue weighted by Gasteiger charge is 2.31. The van der Waals surface area contributed by atoms with E-state index in [-0.39, 0.29) is 24.9 Å². The minimum absolute atomic E-state index is 0. The van der Waals surface area contributed by atoms with Gasteiger partial charge in [0.15, 0.2) is 0 Å². The summed E-state index contributed by atoms with van der Waals surface area (Å²) in [6, 6.07) is 4.24. The van der Waals surface area contributed by atoms with Gasteiger partial charge in [0.2, 0.25) is 5.91 Å². The van der Waals surface area contributed by atoms with Crippen LogP contribution >= 0.6 is 12.4 Å². The SMILES string of the molecule is CN(Cc1cccc(C(F)(F)F)c1)C(=O)[C@@H](N)C(C)(C)C.Cl. The van der Waals surface area contributed by atoms with Gasteiger partial charge < -0.3 is 10.6 Å². The van der Waals surface area contributed by atoms with E-state index in [2.05, 4.69) is 0 Å². The molecule has 0 spiro atoms. The van der Waals surface area contributed by atoms with Gasteiger partial charge in [0.05, 0.1) is 11.6 Å². The lowest BCUT2D eigenvalue weighted by atomic mass is 9.86. The lowest BCUT2D eigenvalue weighted by Crippen LogP contribution is -2.48. The summed E-state index contributed by atoms with van der Waals surface area (Å²) in [4.78, 5) is 13.5. The largest absolute Gasteiger partial charge is 0.416 e. The second kappa shape index (κ2) is 7.33. The van der Waals surface area contributed by atoms with E-state index in [0.717, 1.165) is 12.1 Å². The summed E-state index contributed by atoms with van der Waals surface area (Å²) < 4.78 is 37.9. The van der Waals surface area contributed by atoms with Gasteiger partial charge in [0, 0.05) is 13.6 Å². The van der Waals surface area contributed by atoms with Gasteiger partial charge in [-0.25, -0.2) is 0 Å². The number of likely N-dealkylation sites (N-methyl/N-ethyl adjacent to an activating group) is 1. The van der Waals surface area contributed by atoms with Crippen LogP contribution in [0.1, 0.15) is 31.9 Å². The number of carbonyl (C=O) groups is 1. The van der Waals surface area contributed by atoms with E-state index in [1.54, 1.807) is 6.07 Å². The molecule has 1 aromatic carbocycles. The van der Waals surface area contributed by atoms with Crippen molar-refractivity contribution >= 4 is 18.3 Å². The fraction of sp³-hybridized carbons (Fsp3) is 0.533. The fourth-order valence-electron chi connectivity index (χ4n) is 1.81. The summed E-state index contributed by atoms with van der Waals surface area (Å²) in [6.45, 7) is 5.61. The molecular formula is C15H22ClF3N2O. The summed E-state index contributed by atoms with van der Waals surface area (Å²) in [5, 5.41) is 0. The number of hydrogen-bond donors (Lipinski definition) is 1. The van der Waals surface area contributed by atoms with Crippen LogP contribution in [0.5, 0.6) is 0 Å². The first-order valence-electron chi connectivity index (χ1n) is 6.59. The minimum atomic E-state index is -4.39. The Labute approximate surface area is 135 Å². The van der Waals surface area contributed by atoms with Crippen LogP contribution in [0.3, 0.4) is 0 Å². The van der Waals surface area contributed by atoms with E-state index in [0.29, 0.717) is 5.56 Å². The van der Waals surface area contributed by atoms with Crippen LogP contribution < -0.4 is 5.73 Å². The van der Waals surface area contributed by atoms with Crippen molar-refractivity contribution in [3.8, 4) is 0 Å². The molecule has 126 valence electrons. The molecule has 1 atom stereocenters. The van der Waals surface area contributed by atoms with Gasteiger partial charge in [-0.1, -0.05) is 32.9 Å². The van der Waals surface area contributed by atoms with Gasteiger partial charge in [0.1, 0.15) is 0 Å². The molecule has 0 saturated heterocycles.